The summed E-state index contributed by atoms with van der Waals surface area (Å²) in [7, 11) is 4.16. The SMILES string of the molecule is CN(Cc1nc2ccccc2n1C)C1CCCCC1O. The van der Waals surface area contributed by atoms with Gasteiger partial charge >= 0.3 is 0 Å². The molecule has 2 atom stereocenters. The van der Waals surface area contributed by atoms with Crippen molar-refractivity contribution in [3.8, 4) is 0 Å². The summed E-state index contributed by atoms with van der Waals surface area (Å²) in [6, 6.07) is 8.48. The van der Waals surface area contributed by atoms with Crippen LogP contribution in [0.2, 0.25) is 0 Å². The summed E-state index contributed by atoms with van der Waals surface area (Å²) < 4.78 is 2.15. The Morgan fingerprint density at radius 2 is 2.05 bits per heavy atom. The first kappa shape index (κ1) is 13.6. The van der Waals surface area contributed by atoms with Crippen molar-refractivity contribution in [2.45, 2.75) is 44.4 Å². The van der Waals surface area contributed by atoms with Gasteiger partial charge in [-0.3, -0.25) is 4.90 Å². The molecule has 108 valence electrons. The van der Waals surface area contributed by atoms with Crippen LogP contribution in [-0.2, 0) is 13.6 Å². The molecule has 4 nitrogen and oxygen atoms in total. The fourth-order valence-electron chi connectivity index (χ4n) is 3.28. The molecular formula is C16H23N3O. The van der Waals surface area contributed by atoms with E-state index >= 15 is 0 Å². The van der Waals surface area contributed by atoms with E-state index in [1.165, 1.54) is 11.9 Å². The molecule has 1 saturated carbocycles. The largest absolute Gasteiger partial charge is 0.391 e. The van der Waals surface area contributed by atoms with Crippen LogP contribution >= 0.6 is 0 Å². The van der Waals surface area contributed by atoms with Crippen LogP contribution < -0.4 is 0 Å². The maximum absolute atomic E-state index is 10.2. The van der Waals surface area contributed by atoms with E-state index in [-0.39, 0.29) is 12.1 Å². The number of aliphatic hydroxyl groups is 1. The van der Waals surface area contributed by atoms with E-state index in [1.54, 1.807) is 0 Å². The Morgan fingerprint density at radius 1 is 1.30 bits per heavy atom. The molecule has 0 saturated heterocycles. The molecule has 1 aliphatic carbocycles. The summed E-state index contributed by atoms with van der Waals surface area (Å²) >= 11 is 0. The second kappa shape index (κ2) is 5.54. The van der Waals surface area contributed by atoms with Crippen LogP contribution in [0.15, 0.2) is 24.3 Å². The van der Waals surface area contributed by atoms with Gasteiger partial charge in [-0.25, -0.2) is 4.98 Å². The molecule has 0 radical (unpaired) electrons. The lowest BCUT2D eigenvalue weighted by molar-refractivity contribution is 0.0275. The first-order valence-electron chi connectivity index (χ1n) is 7.45. The topological polar surface area (TPSA) is 41.3 Å². The van der Waals surface area contributed by atoms with Crippen molar-refractivity contribution in [1.82, 2.24) is 14.5 Å². The van der Waals surface area contributed by atoms with Gasteiger partial charge in [0.15, 0.2) is 0 Å². The summed E-state index contributed by atoms with van der Waals surface area (Å²) in [6.45, 7) is 0.785. The number of nitrogens with zero attached hydrogens (tertiary/aromatic N) is 3. The molecule has 20 heavy (non-hydrogen) atoms. The predicted octanol–water partition coefficient (Wildman–Crippen LogP) is 2.31. The molecule has 1 aromatic carbocycles. The second-order valence-electron chi connectivity index (χ2n) is 5.91. The van der Waals surface area contributed by atoms with E-state index in [2.05, 4.69) is 29.6 Å². The number of aromatic nitrogens is 2. The van der Waals surface area contributed by atoms with Gasteiger partial charge in [-0.15, -0.1) is 0 Å². The molecule has 0 spiro atoms. The lowest BCUT2D eigenvalue weighted by Gasteiger charge is -2.34. The molecule has 2 aromatic rings. The third kappa shape index (κ3) is 2.45. The van der Waals surface area contributed by atoms with Gasteiger partial charge < -0.3 is 9.67 Å². The number of aliphatic hydroxyl groups excluding tert-OH is 1. The quantitative estimate of drug-likeness (QED) is 0.933. The predicted molar refractivity (Wildman–Crippen MR) is 80.4 cm³/mol. The number of fused-ring (bicyclic) bond motifs is 1. The highest BCUT2D eigenvalue weighted by atomic mass is 16.3. The number of benzene rings is 1. The first-order valence-corrected chi connectivity index (χ1v) is 7.45. The van der Waals surface area contributed by atoms with Gasteiger partial charge in [0, 0.05) is 13.1 Å². The van der Waals surface area contributed by atoms with Crippen LogP contribution in [-0.4, -0.2) is 38.8 Å². The third-order valence-electron chi connectivity index (χ3n) is 4.53. The summed E-state index contributed by atoms with van der Waals surface area (Å²) in [5.74, 6) is 1.06. The Kier molecular flexibility index (Phi) is 3.76. The van der Waals surface area contributed by atoms with Gasteiger partial charge in [0.05, 0.1) is 23.7 Å². The van der Waals surface area contributed by atoms with Gasteiger partial charge in [0.1, 0.15) is 5.82 Å². The highest BCUT2D eigenvalue weighted by Crippen LogP contribution is 2.24. The molecule has 0 amide bonds. The van der Waals surface area contributed by atoms with Gasteiger partial charge in [-0.1, -0.05) is 25.0 Å². The van der Waals surface area contributed by atoms with Crippen molar-refractivity contribution in [1.29, 1.82) is 0 Å². The number of likely N-dealkylation sites (N-methyl/N-ethyl adjacent to an activating group) is 1. The van der Waals surface area contributed by atoms with E-state index in [4.69, 9.17) is 4.98 Å². The summed E-state index contributed by atoms with van der Waals surface area (Å²) in [4.78, 5) is 6.97. The lowest BCUT2D eigenvalue weighted by atomic mass is 9.91. The maximum atomic E-state index is 10.2. The van der Waals surface area contributed by atoms with Crippen LogP contribution in [0, 0.1) is 0 Å². The van der Waals surface area contributed by atoms with Gasteiger partial charge in [-0.2, -0.15) is 0 Å². The van der Waals surface area contributed by atoms with Gasteiger partial charge in [0.25, 0.3) is 0 Å². The van der Waals surface area contributed by atoms with Crippen LogP contribution in [0.4, 0.5) is 0 Å². The standard InChI is InChI=1S/C16H23N3O/c1-18(14-9-5-6-10-15(14)20)11-16-17-12-7-3-4-8-13(12)19(16)2/h3-4,7-8,14-15,20H,5-6,9-11H2,1-2H3. The number of aryl methyl sites for hydroxylation is 1. The average molecular weight is 273 g/mol. The van der Waals surface area contributed by atoms with Crippen LogP contribution in [0.5, 0.6) is 0 Å². The molecule has 2 unspecified atom stereocenters. The Labute approximate surface area is 120 Å². The van der Waals surface area contributed by atoms with Crippen molar-refractivity contribution in [2.24, 2.45) is 7.05 Å². The average Bonchev–Trinajstić information content (AvgIpc) is 2.76. The fraction of sp³-hybridized carbons (Fsp3) is 0.562. The van der Waals surface area contributed by atoms with E-state index in [0.29, 0.717) is 0 Å². The zero-order chi connectivity index (χ0) is 14.1. The zero-order valence-corrected chi connectivity index (χ0v) is 12.3. The normalized spacial score (nSPS) is 23.6. The highest BCUT2D eigenvalue weighted by molar-refractivity contribution is 5.75. The zero-order valence-electron chi connectivity index (χ0n) is 12.3. The van der Waals surface area contributed by atoms with Crippen molar-refractivity contribution in [3.05, 3.63) is 30.1 Å². The fourth-order valence-corrected chi connectivity index (χ4v) is 3.28. The van der Waals surface area contributed by atoms with Crippen LogP contribution in [0.1, 0.15) is 31.5 Å². The van der Waals surface area contributed by atoms with E-state index in [0.717, 1.165) is 37.1 Å². The smallest absolute Gasteiger partial charge is 0.123 e. The Morgan fingerprint density at radius 3 is 2.80 bits per heavy atom. The summed E-state index contributed by atoms with van der Waals surface area (Å²) in [5, 5.41) is 10.2. The van der Waals surface area contributed by atoms with Crippen molar-refractivity contribution in [3.63, 3.8) is 0 Å². The number of rotatable bonds is 3. The Balaban J connectivity index is 1.80. The number of hydrogen-bond acceptors (Lipinski definition) is 3. The molecule has 0 aliphatic heterocycles. The molecular weight excluding hydrogens is 250 g/mol. The Hall–Kier alpha value is -1.39. The van der Waals surface area contributed by atoms with Gasteiger partial charge in [0.2, 0.25) is 0 Å². The molecule has 1 heterocycles. The van der Waals surface area contributed by atoms with Crippen molar-refractivity contribution < 1.29 is 5.11 Å². The number of hydrogen-bond donors (Lipinski definition) is 1. The van der Waals surface area contributed by atoms with Crippen LogP contribution in [0.3, 0.4) is 0 Å². The molecule has 0 bridgehead atoms. The lowest BCUT2D eigenvalue weighted by Crippen LogP contribution is -2.43. The number of para-hydroxylation sites is 2. The van der Waals surface area contributed by atoms with Gasteiger partial charge in [-0.05, 0) is 32.0 Å². The van der Waals surface area contributed by atoms with Crippen LogP contribution in [0.25, 0.3) is 11.0 Å². The van der Waals surface area contributed by atoms with Crippen molar-refractivity contribution >= 4 is 11.0 Å². The molecule has 1 aliphatic rings. The minimum Gasteiger partial charge on any atom is -0.391 e. The maximum Gasteiger partial charge on any atom is 0.123 e. The van der Waals surface area contributed by atoms with E-state index in [9.17, 15) is 5.11 Å². The second-order valence-corrected chi connectivity index (χ2v) is 5.91. The first-order chi connectivity index (χ1) is 9.66. The summed E-state index contributed by atoms with van der Waals surface area (Å²) in [6.07, 6.45) is 4.19. The minimum atomic E-state index is -0.191. The Bertz CT molecular complexity index is 592. The number of imidazole rings is 1. The highest BCUT2D eigenvalue weighted by Gasteiger charge is 2.27. The van der Waals surface area contributed by atoms with E-state index < -0.39 is 0 Å². The third-order valence-corrected chi connectivity index (χ3v) is 4.53. The monoisotopic (exact) mass is 273 g/mol. The molecule has 3 rings (SSSR count). The van der Waals surface area contributed by atoms with Crippen molar-refractivity contribution in [2.75, 3.05) is 7.05 Å². The molecule has 1 fully saturated rings. The summed E-state index contributed by atoms with van der Waals surface area (Å²) in [5.41, 5.74) is 2.21. The molecule has 1 aromatic heterocycles. The molecule has 4 heteroatoms. The van der Waals surface area contributed by atoms with E-state index in [1.807, 2.05) is 18.2 Å². The minimum absolute atomic E-state index is 0.191. The molecule has 1 N–H and O–H groups in total.